The van der Waals surface area contributed by atoms with Crippen molar-refractivity contribution in [1.82, 2.24) is 0 Å². The van der Waals surface area contributed by atoms with Crippen LogP contribution in [0.25, 0.3) is 0 Å². The van der Waals surface area contributed by atoms with Gasteiger partial charge in [-0.15, -0.1) is 0 Å². The first kappa shape index (κ1) is 18.1. The summed E-state index contributed by atoms with van der Waals surface area (Å²) < 4.78 is 71.0. The summed E-state index contributed by atoms with van der Waals surface area (Å²) in [6.07, 6.45) is -2.02. The largest absolute Gasteiger partial charge is 0.523 e. The van der Waals surface area contributed by atoms with E-state index in [1.165, 1.54) is 0 Å². The molecule has 0 aromatic carbocycles. The topological polar surface area (TPSA) is 78.9 Å². The van der Waals surface area contributed by atoms with Gasteiger partial charge in [-0.25, -0.2) is 8.98 Å². The van der Waals surface area contributed by atoms with Crippen LogP contribution in [0.4, 0.5) is 13.2 Å². The third-order valence-electron chi connectivity index (χ3n) is 1.66. The molecule has 0 rings (SSSR count). The second-order valence-electron chi connectivity index (χ2n) is 4.43. The van der Waals surface area contributed by atoms with Gasteiger partial charge in [-0.3, -0.25) is 0 Å². The number of ether oxygens (including phenoxy) is 2. The van der Waals surface area contributed by atoms with Crippen molar-refractivity contribution in [2.24, 2.45) is 0 Å². The highest BCUT2D eigenvalue weighted by molar-refractivity contribution is 7.87. The average molecular weight is 308 g/mol. The van der Waals surface area contributed by atoms with Crippen LogP contribution < -0.4 is 0 Å². The molecule has 0 aliphatic heterocycles. The van der Waals surface area contributed by atoms with E-state index in [1.807, 2.05) is 0 Å². The van der Waals surface area contributed by atoms with Crippen LogP contribution in [-0.4, -0.2) is 45.3 Å². The van der Waals surface area contributed by atoms with Crippen LogP contribution in [0, 0.1) is 0 Å². The molecule has 0 saturated carbocycles. The first-order valence-corrected chi connectivity index (χ1v) is 6.42. The van der Waals surface area contributed by atoms with E-state index < -0.39 is 39.9 Å². The number of hydrogen-bond donors (Lipinski definition) is 0. The van der Waals surface area contributed by atoms with Gasteiger partial charge in [-0.2, -0.15) is 21.6 Å². The molecule has 0 aromatic heterocycles. The maximum atomic E-state index is 12.1. The van der Waals surface area contributed by atoms with Gasteiger partial charge in [0, 0.05) is 0 Å². The van der Waals surface area contributed by atoms with E-state index in [0.29, 0.717) is 0 Å². The summed E-state index contributed by atoms with van der Waals surface area (Å²) in [5.41, 5.74) is -6.42. The van der Waals surface area contributed by atoms with Crippen LogP contribution in [0.1, 0.15) is 20.8 Å². The quantitative estimate of drug-likeness (QED) is 0.431. The normalized spacial score (nSPS) is 15.1. The van der Waals surface area contributed by atoms with Crippen LogP contribution in [0.3, 0.4) is 0 Å². The molecule has 0 bridgehead atoms. The van der Waals surface area contributed by atoms with Gasteiger partial charge in [0.15, 0.2) is 6.10 Å². The van der Waals surface area contributed by atoms with Crippen LogP contribution >= 0.6 is 0 Å². The number of carbonyl (C=O) groups is 1. The fourth-order valence-electron chi connectivity index (χ4n) is 0.800. The summed E-state index contributed by atoms with van der Waals surface area (Å²) in [5, 5.41) is 0. The number of rotatable bonds is 5. The Morgan fingerprint density at radius 1 is 1.21 bits per heavy atom. The van der Waals surface area contributed by atoms with Crippen molar-refractivity contribution in [1.29, 1.82) is 0 Å². The van der Waals surface area contributed by atoms with Crippen molar-refractivity contribution in [3.8, 4) is 0 Å². The predicted octanol–water partition coefficient (Wildman–Crippen LogP) is 1.21. The molecule has 1 unspecified atom stereocenters. The minimum absolute atomic E-state index is 0.689. The fourth-order valence-corrected chi connectivity index (χ4v) is 1.35. The molecule has 0 fully saturated rings. The Balaban J connectivity index is 4.95. The first-order chi connectivity index (χ1) is 8.30. The highest BCUT2D eigenvalue weighted by Gasteiger charge is 2.49. The van der Waals surface area contributed by atoms with Crippen LogP contribution in [-0.2, 0) is 28.6 Å². The highest BCUT2D eigenvalue weighted by Crippen LogP contribution is 2.26. The molecule has 6 nitrogen and oxygen atoms in total. The number of hydrogen-bond acceptors (Lipinski definition) is 6. The Bertz CT molecular complexity index is 409. The molecule has 19 heavy (non-hydrogen) atoms. The zero-order chi connectivity index (χ0) is 15.5. The fraction of sp³-hybridized carbons (Fsp3) is 0.889. The van der Waals surface area contributed by atoms with Crippen molar-refractivity contribution in [2.45, 2.75) is 38.0 Å². The molecule has 0 heterocycles. The lowest BCUT2D eigenvalue weighted by molar-refractivity contribution is -0.155. The van der Waals surface area contributed by atoms with Crippen molar-refractivity contribution in [3.05, 3.63) is 0 Å². The Labute approximate surface area is 108 Å². The predicted molar refractivity (Wildman–Crippen MR) is 57.6 cm³/mol. The molecule has 114 valence electrons. The molecule has 0 saturated heterocycles. The smallest absolute Gasteiger partial charge is 0.467 e. The molecule has 0 amide bonds. The van der Waals surface area contributed by atoms with Crippen LogP contribution in [0.5, 0.6) is 0 Å². The summed E-state index contributed by atoms with van der Waals surface area (Å²) in [6, 6.07) is 0. The van der Waals surface area contributed by atoms with Gasteiger partial charge in [-0.05, 0) is 20.8 Å². The van der Waals surface area contributed by atoms with E-state index in [1.54, 1.807) is 20.8 Å². The molecule has 10 heteroatoms. The minimum Gasteiger partial charge on any atom is -0.467 e. The number of carbonyl (C=O) groups excluding carboxylic acids is 1. The van der Waals surface area contributed by atoms with Crippen LogP contribution in [0.15, 0.2) is 0 Å². The molecule has 1 atom stereocenters. The third-order valence-corrected chi connectivity index (χ3v) is 2.71. The van der Waals surface area contributed by atoms with Gasteiger partial charge < -0.3 is 9.47 Å². The van der Waals surface area contributed by atoms with Gasteiger partial charge >= 0.3 is 21.6 Å². The summed E-state index contributed by atoms with van der Waals surface area (Å²) in [7, 11) is -5.02. The van der Waals surface area contributed by atoms with Crippen molar-refractivity contribution in [2.75, 3.05) is 13.7 Å². The van der Waals surface area contributed by atoms with E-state index >= 15 is 0 Å². The maximum absolute atomic E-state index is 12.1. The highest BCUT2D eigenvalue weighted by atomic mass is 32.2. The summed E-state index contributed by atoms with van der Waals surface area (Å²) in [4.78, 5) is 11.2. The second-order valence-corrected chi connectivity index (χ2v) is 5.99. The number of halogens is 3. The van der Waals surface area contributed by atoms with E-state index in [9.17, 15) is 26.4 Å². The lowest BCUT2D eigenvalue weighted by Gasteiger charge is -2.23. The van der Waals surface area contributed by atoms with E-state index in [4.69, 9.17) is 4.74 Å². The molecule has 0 aliphatic rings. The van der Waals surface area contributed by atoms with Crippen LogP contribution in [0.2, 0.25) is 0 Å². The van der Waals surface area contributed by atoms with E-state index in [-0.39, 0.29) is 0 Å². The Morgan fingerprint density at radius 2 is 1.68 bits per heavy atom. The Morgan fingerprint density at radius 3 is 2.00 bits per heavy atom. The number of alkyl halides is 3. The first-order valence-electron chi connectivity index (χ1n) is 5.01. The zero-order valence-corrected chi connectivity index (χ0v) is 11.6. The van der Waals surface area contributed by atoms with Gasteiger partial charge in [0.2, 0.25) is 0 Å². The lowest BCUT2D eigenvalue weighted by Crippen LogP contribution is -2.39. The Kier molecular flexibility index (Phi) is 5.78. The van der Waals surface area contributed by atoms with E-state index in [0.717, 1.165) is 7.11 Å². The summed E-state index contributed by atoms with van der Waals surface area (Å²) in [5.74, 6) is -1.28. The van der Waals surface area contributed by atoms with Gasteiger partial charge in [0.05, 0.1) is 19.3 Å². The van der Waals surface area contributed by atoms with Gasteiger partial charge in [-0.1, -0.05) is 0 Å². The zero-order valence-electron chi connectivity index (χ0n) is 10.8. The third kappa shape index (κ3) is 6.21. The van der Waals surface area contributed by atoms with Crippen molar-refractivity contribution in [3.63, 3.8) is 0 Å². The van der Waals surface area contributed by atoms with Crippen molar-refractivity contribution >= 4 is 16.1 Å². The Hall–Kier alpha value is -0.870. The SMILES string of the molecule is COC(=O)C(COC(C)(C)C)OS(=O)(=O)C(F)(F)F. The molecular weight excluding hydrogens is 293 g/mol. The minimum atomic E-state index is -5.90. The maximum Gasteiger partial charge on any atom is 0.523 e. The lowest BCUT2D eigenvalue weighted by atomic mass is 10.2. The molecule has 0 aliphatic carbocycles. The second kappa shape index (κ2) is 6.06. The number of esters is 1. The molecular formula is C9H15F3O6S. The van der Waals surface area contributed by atoms with Crippen molar-refractivity contribution < 1.29 is 40.0 Å². The summed E-state index contributed by atoms with van der Waals surface area (Å²) >= 11 is 0. The number of methoxy groups -OCH3 is 1. The monoisotopic (exact) mass is 308 g/mol. The molecule has 0 radical (unpaired) electrons. The summed E-state index contributed by atoms with van der Waals surface area (Å²) in [6.45, 7) is 4.02. The van der Waals surface area contributed by atoms with Gasteiger partial charge in [0.1, 0.15) is 0 Å². The molecule has 0 N–H and O–H groups in total. The molecule has 0 spiro atoms. The average Bonchev–Trinajstić information content (AvgIpc) is 2.20. The molecule has 0 aromatic rings. The van der Waals surface area contributed by atoms with Gasteiger partial charge in [0.25, 0.3) is 0 Å². The standard InChI is InChI=1S/C9H15F3O6S/c1-8(2,3)17-5-6(7(13)16-4)18-19(14,15)9(10,11)12/h6H,5H2,1-4H3. The van der Waals surface area contributed by atoms with E-state index in [2.05, 4.69) is 8.92 Å².